The molecule has 2 aliphatic carbocycles. The van der Waals surface area contributed by atoms with Crippen molar-refractivity contribution in [3.05, 3.63) is 124 Å². The summed E-state index contributed by atoms with van der Waals surface area (Å²) in [6, 6.07) is 36.4. The second-order valence-electron chi connectivity index (χ2n) is 11.5. The predicted octanol–water partition coefficient (Wildman–Crippen LogP) is 10.1. The molecule has 4 aromatic carbocycles. The van der Waals surface area contributed by atoms with Crippen molar-refractivity contribution in [2.45, 2.75) is 45.4 Å². The van der Waals surface area contributed by atoms with E-state index in [1.54, 1.807) is 0 Å². The van der Waals surface area contributed by atoms with Crippen LogP contribution in [0.4, 0.5) is 16.4 Å². The number of hydrogen-bond acceptors (Lipinski definition) is 2. The lowest BCUT2D eigenvalue weighted by molar-refractivity contribution is 0.660. The Bertz CT molecular complexity index is 1590. The van der Waals surface area contributed by atoms with Crippen LogP contribution in [0.1, 0.15) is 54.8 Å². The van der Waals surface area contributed by atoms with Gasteiger partial charge in [0.2, 0.25) is 0 Å². The number of aryl methyl sites for hydroxylation is 1. The van der Waals surface area contributed by atoms with Gasteiger partial charge in [-0.1, -0.05) is 88.4 Å². The molecular formula is C35H31NS. The van der Waals surface area contributed by atoms with E-state index in [-0.39, 0.29) is 10.8 Å². The molecule has 182 valence electrons. The molecule has 37 heavy (non-hydrogen) atoms. The lowest BCUT2D eigenvalue weighted by Gasteiger charge is -2.28. The van der Waals surface area contributed by atoms with Crippen LogP contribution in [-0.2, 0) is 10.8 Å². The maximum absolute atomic E-state index is 2.45. The van der Waals surface area contributed by atoms with E-state index in [2.05, 4.69) is 137 Å². The number of anilines is 3. The Morgan fingerprint density at radius 1 is 0.514 bits per heavy atom. The van der Waals surface area contributed by atoms with Crippen molar-refractivity contribution in [2.75, 3.05) is 4.90 Å². The molecule has 7 rings (SSSR count). The van der Waals surface area contributed by atoms with E-state index in [0.29, 0.717) is 0 Å². The molecule has 0 fully saturated rings. The average Bonchev–Trinajstić information content (AvgIpc) is 3.50. The Morgan fingerprint density at radius 2 is 0.973 bits per heavy atom. The Kier molecular flexibility index (Phi) is 4.69. The van der Waals surface area contributed by atoms with Crippen molar-refractivity contribution in [3.63, 3.8) is 0 Å². The van der Waals surface area contributed by atoms with E-state index in [0.717, 1.165) is 0 Å². The molecule has 0 aliphatic heterocycles. The van der Waals surface area contributed by atoms with Crippen molar-refractivity contribution in [1.29, 1.82) is 0 Å². The Hall–Kier alpha value is -3.62. The van der Waals surface area contributed by atoms with Crippen LogP contribution >= 0.6 is 11.3 Å². The van der Waals surface area contributed by atoms with E-state index in [1.807, 2.05) is 11.3 Å². The largest absolute Gasteiger partial charge is 0.302 e. The summed E-state index contributed by atoms with van der Waals surface area (Å²) in [5, 5.41) is 1.25. The fourth-order valence-electron chi connectivity index (χ4n) is 6.61. The van der Waals surface area contributed by atoms with Crippen LogP contribution in [-0.4, -0.2) is 0 Å². The third-order valence-electron chi connectivity index (χ3n) is 8.60. The van der Waals surface area contributed by atoms with Crippen LogP contribution in [0.5, 0.6) is 0 Å². The van der Waals surface area contributed by atoms with Crippen LogP contribution in [0.25, 0.3) is 22.3 Å². The van der Waals surface area contributed by atoms with Crippen molar-refractivity contribution in [3.8, 4) is 22.3 Å². The molecular weight excluding hydrogens is 466 g/mol. The van der Waals surface area contributed by atoms with Gasteiger partial charge in [-0.2, -0.15) is 0 Å². The Balaban J connectivity index is 1.41. The normalized spacial score (nSPS) is 15.6. The highest BCUT2D eigenvalue weighted by molar-refractivity contribution is 7.16. The van der Waals surface area contributed by atoms with Crippen molar-refractivity contribution < 1.29 is 0 Å². The third kappa shape index (κ3) is 3.15. The molecule has 0 saturated heterocycles. The predicted molar refractivity (Wildman–Crippen MR) is 159 cm³/mol. The van der Waals surface area contributed by atoms with E-state index in [4.69, 9.17) is 0 Å². The van der Waals surface area contributed by atoms with Gasteiger partial charge in [0.15, 0.2) is 0 Å². The Morgan fingerprint density at radius 3 is 1.43 bits per heavy atom. The highest BCUT2D eigenvalue weighted by Crippen LogP contribution is 2.53. The molecule has 2 aliphatic rings. The standard InChI is InChI=1S/C35H31NS/c1-22-14-19-33(37-22)36(23-15-17-27-25-10-6-8-12-29(25)34(2,3)31(27)20-23)24-16-18-28-26-11-7-9-13-30(26)35(4,5)32(28)21-24/h6-21H,1-5H3. The first kappa shape index (κ1) is 22.6. The number of fused-ring (bicyclic) bond motifs is 6. The van der Waals surface area contributed by atoms with Gasteiger partial charge in [-0.15, -0.1) is 11.3 Å². The van der Waals surface area contributed by atoms with Crippen LogP contribution in [0.2, 0.25) is 0 Å². The number of benzene rings is 4. The maximum atomic E-state index is 2.45. The zero-order valence-corrected chi connectivity index (χ0v) is 22.9. The van der Waals surface area contributed by atoms with Gasteiger partial charge < -0.3 is 4.90 Å². The Labute approximate surface area is 224 Å². The summed E-state index contributed by atoms with van der Waals surface area (Å²) in [4.78, 5) is 3.78. The van der Waals surface area contributed by atoms with Gasteiger partial charge in [0, 0.05) is 27.1 Å². The van der Waals surface area contributed by atoms with Gasteiger partial charge >= 0.3 is 0 Å². The van der Waals surface area contributed by atoms with Gasteiger partial charge in [0.05, 0.1) is 0 Å². The average molecular weight is 498 g/mol. The molecule has 1 heterocycles. The van der Waals surface area contributed by atoms with Crippen LogP contribution in [0.3, 0.4) is 0 Å². The van der Waals surface area contributed by atoms with Crippen molar-refractivity contribution in [1.82, 2.24) is 0 Å². The SMILES string of the molecule is Cc1ccc(N(c2ccc3c(c2)C(C)(C)c2ccccc2-3)c2ccc3c(c2)C(C)(C)c2ccccc2-3)s1. The van der Waals surface area contributed by atoms with E-state index < -0.39 is 0 Å². The molecule has 0 atom stereocenters. The van der Waals surface area contributed by atoms with Crippen LogP contribution < -0.4 is 4.90 Å². The van der Waals surface area contributed by atoms with Crippen molar-refractivity contribution in [2.24, 2.45) is 0 Å². The van der Waals surface area contributed by atoms with E-state index >= 15 is 0 Å². The van der Waals surface area contributed by atoms with Crippen molar-refractivity contribution >= 4 is 27.7 Å². The fraction of sp³-hybridized carbons (Fsp3) is 0.200. The lowest BCUT2D eigenvalue weighted by atomic mass is 9.82. The maximum Gasteiger partial charge on any atom is 0.100 e. The molecule has 0 bridgehead atoms. The summed E-state index contributed by atoms with van der Waals surface area (Å²) in [5.74, 6) is 0. The van der Waals surface area contributed by atoms with Gasteiger partial charge in [0.1, 0.15) is 5.00 Å². The molecule has 0 unspecified atom stereocenters. The monoisotopic (exact) mass is 497 g/mol. The molecule has 1 aromatic heterocycles. The molecule has 1 nitrogen and oxygen atoms in total. The first-order valence-electron chi connectivity index (χ1n) is 13.1. The lowest BCUT2D eigenvalue weighted by Crippen LogP contribution is -2.17. The summed E-state index contributed by atoms with van der Waals surface area (Å²) >= 11 is 1.85. The molecule has 0 N–H and O–H groups in total. The van der Waals surface area contributed by atoms with E-state index in [1.165, 1.54) is 65.8 Å². The molecule has 0 radical (unpaired) electrons. The van der Waals surface area contributed by atoms with Gasteiger partial charge in [-0.25, -0.2) is 0 Å². The van der Waals surface area contributed by atoms with Gasteiger partial charge in [-0.3, -0.25) is 0 Å². The summed E-state index contributed by atoms with van der Waals surface area (Å²) in [7, 11) is 0. The number of nitrogens with zero attached hydrogens (tertiary/aromatic N) is 1. The van der Waals surface area contributed by atoms with Crippen LogP contribution in [0.15, 0.2) is 97.1 Å². The summed E-state index contributed by atoms with van der Waals surface area (Å²) in [6.07, 6.45) is 0. The number of thiophene rings is 1. The summed E-state index contributed by atoms with van der Waals surface area (Å²) < 4.78 is 0. The molecule has 0 amide bonds. The zero-order chi connectivity index (χ0) is 25.5. The first-order chi connectivity index (χ1) is 17.8. The number of rotatable bonds is 3. The summed E-state index contributed by atoms with van der Waals surface area (Å²) in [5.41, 5.74) is 13.5. The molecule has 0 saturated carbocycles. The van der Waals surface area contributed by atoms with Gasteiger partial charge in [0.25, 0.3) is 0 Å². The second kappa shape index (κ2) is 7.69. The minimum atomic E-state index is -0.0272. The smallest absolute Gasteiger partial charge is 0.100 e. The number of hydrogen-bond donors (Lipinski definition) is 0. The molecule has 5 aromatic rings. The minimum absolute atomic E-state index is 0.0272. The topological polar surface area (TPSA) is 3.24 Å². The fourth-order valence-corrected chi connectivity index (χ4v) is 7.51. The molecule has 0 spiro atoms. The highest BCUT2D eigenvalue weighted by atomic mass is 32.1. The minimum Gasteiger partial charge on any atom is -0.302 e. The third-order valence-corrected chi connectivity index (χ3v) is 9.58. The summed E-state index contributed by atoms with van der Waals surface area (Å²) in [6.45, 7) is 11.6. The van der Waals surface area contributed by atoms with E-state index in [9.17, 15) is 0 Å². The first-order valence-corrected chi connectivity index (χ1v) is 13.9. The van der Waals surface area contributed by atoms with Crippen LogP contribution in [0, 0.1) is 6.92 Å². The second-order valence-corrected chi connectivity index (χ2v) is 12.8. The quantitative estimate of drug-likeness (QED) is 0.240. The molecule has 2 heteroatoms. The zero-order valence-electron chi connectivity index (χ0n) is 22.1. The van der Waals surface area contributed by atoms with Gasteiger partial charge in [-0.05, 0) is 87.8 Å². The highest BCUT2D eigenvalue weighted by Gasteiger charge is 2.37.